The molecule has 1 aliphatic rings. The van der Waals surface area contributed by atoms with E-state index in [1.54, 1.807) is 7.11 Å². The Kier molecular flexibility index (Phi) is 4.51. The lowest BCUT2D eigenvalue weighted by atomic mass is 10.0. The second-order valence-electron chi connectivity index (χ2n) is 5.72. The molecule has 0 atom stereocenters. The lowest BCUT2D eigenvalue weighted by Crippen LogP contribution is -2.38. The molecule has 1 heterocycles. The third-order valence-electron chi connectivity index (χ3n) is 4.08. The summed E-state index contributed by atoms with van der Waals surface area (Å²) >= 11 is 0. The maximum absolute atomic E-state index is 12.6. The maximum atomic E-state index is 12.6. The number of nitrogens with zero attached hydrogens (tertiary/aromatic N) is 1. The summed E-state index contributed by atoms with van der Waals surface area (Å²) in [6, 6.07) is 13.7. The number of carbonyl (C=O) groups excluding carboxylic acids is 1. The molecule has 2 aromatic rings. The number of fused-ring (bicyclic) bond motifs is 1. The van der Waals surface area contributed by atoms with Crippen LogP contribution in [0.2, 0.25) is 0 Å². The van der Waals surface area contributed by atoms with E-state index in [2.05, 4.69) is 6.07 Å². The molecule has 4 nitrogen and oxygen atoms in total. The van der Waals surface area contributed by atoms with Gasteiger partial charge in [0.05, 0.1) is 7.11 Å². The van der Waals surface area contributed by atoms with Crippen molar-refractivity contribution in [1.29, 1.82) is 0 Å². The third kappa shape index (κ3) is 3.31. The summed E-state index contributed by atoms with van der Waals surface area (Å²) in [7, 11) is 1.60. The second-order valence-corrected chi connectivity index (χ2v) is 5.72. The van der Waals surface area contributed by atoms with Gasteiger partial charge in [0.25, 0.3) is 5.91 Å². The molecule has 0 unspecified atom stereocenters. The highest BCUT2D eigenvalue weighted by Gasteiger charge is 2.22. The van der Waals surface area contributed by atoms with E-state index in [0.29, 0.717) is 11.5 Å². The highest BCUT2D eigenvalue weighted by atomic mass is 16.5. The Morgan fingerprint density at radius 3 is 2.83 bits per heavy atom. The molecule has 0 spiro atoms. The maximum Gasteiger partial charge on any atom is 0.264 e. The van der Waals surface area contributed by atoms with Crippen LogP contribution in [0.25, 0.3) is 0 Å². The number of methoxy groups -OCH3 is 1. The predicted octanol–water partition coefficient (Wildman–Crippen LogP) is 3.36. The molecule has 0 N–H and O–H groups in total. The summed E-state index contributed by atoms with van der Waals surface area (Å²) in [6.07, 6.45) is 2.00. The van der Waals surface area contributed by atoms with Gasteiger partial charge in [-0.2, -0.15) is 0 Å². The quantitative estimate of drug-likeness (QED) is 0.869. The van der Waals surface area contributed by atoms with E-state index >= 15 is 0 Å². The molecule has 1 amide bonds. The van der Waals surface area contributed by atoms with Gasteiger partial charge in [-0.25, -0.2) is 0 Å². The number of hydrogen-bond donors (Lipinski definition) is 0. The predicted molar refractivity (Wildman–Crippen MR) is 90.3 cm³/mol. The molecule has 0 aromatic heterocycles. The van der Waals surface area contributed by atoms with Gasteiger partial charge in [0.1, 0.15) is 0 Å². The van der Waals surface area contributed by atoms with Crippen molar-refractivity contribution in [3.8, 4) is 11.5 Å². The number of rotatable bonds is 4. The highest BCUT2D eigenvalue weighted by Crippen LogP contribution is 2.29. The van der Waals surface area contributed by atoms with E-state index < -0.39 is 0 Å². The standard InChI is InChI=1S/C19H21NO3/c1-14-9-10-17(18(12-14)22-2)23-13-19(21)20-11-5-7-15-6-3-4-8-16(15)20/h3-4,6,8-10,12H,5,7,11,13H2,1-2H3. The minimum absolute atomic E-state index is 0.00769. The number of anilines is 1. The average Bonchev–Trinajstić information content (AvgIpc) is 2.59. The normalized spacial score (nSPS) is 13.4. The van der Waals surface area contributed by atoms with Crippen LogP contribution in [0.1, 0.15) is 17.5 Å². The minimum Gasteiger partial charge on any atom is -0.493 e. The first kappa shape index (κ1) is 15.4. The Bertz CT molecular complexity index is 712. The van der Waals surface area contributed by atoms with Gasteiger partial charge in [-0.3, -0.25) is 4.79 Å². The number of ether oxygens (including phenoxy) is 2. The monoisotopic (exact) mass is 311 g/mol. The van der Waals surface area contributed by atoms with Crippen molar-refractivity contribution in [2.24, 2.45) is 0 Å². The molecule has 0 radical (unpaired) electrons. The van der Waals surface area contributed by atoms with Crippen LogP contribution in [0.15, 0.2) is 42.5 Å². The SMILES string of the molecule is COc1cc(C)ccc1OCC(=O)N1CCCc2ccccc21. The van der Waals surface area contributed by atoms with Crippen molar-refractivity contribution in [3.63, 3.8) is 0 Å². The zero-order chi connectivity index (χ0) is 16.2. The summed E-state index contributed by atoms with van der Waals surface area (Å²) in [4.78, 5) is 14.4. The van der Waals surface area contributed by atoms with Gasteiger partial charge in [-0.05, 0) is 49.1 Å². The van der Waals surface area contributed by atoms with Crippen LogP contribution in [0.5, 0.6) is 11.5 Å². The Morgan fingerprint density at radius 1 is 1.17 bits per heavy atom. The van der Waals surface area contributed by atoms with E-state index in [0.717, 1.165) is 30.6 Å². The number of amides is 1. The van der Waals surface area contributed by atoms with Crippen molar-refractivity contribution in [2.75, 3.05) is 25.2 Å². The number of benzene rings is 2. The van der Waals surface area contributed by atoms with Gasteiger partial charge in [0, 0.05) is 12.2 Å². The van der Waals surface area contributed by atoms with Gasteiger partial charge in [0.2, 0.25) is 0 Å². The number of aryl methyl sites for hydroxylation is 2. The molecule has 23 heavy (non-hydrogen) atoms. The lowest BCUT2D eigenvalue weighted by Gasteiger charge is -2.29. The van der Waals surface area contributed by atoms with Crippen molar-refractivity contribution in [1.82, 2.24) is 0 Å². The van der Waals surface area contributed by atoms with Crippen molar-refractivity contribution in [3.05, 3.63) is 53.6 Å². The van der Waals surface area contributed by atoms with Crippen LogP contribution in [-0.4, -0.2) is 26.2 Å². The van der Waals surface area contributed by atoms with E-state index in [1.807, 2.05) is 48.2 Å². The van der Waals surface area contributed by atoms with Crippen LogP contribution in [0.4, 0.5) is 5.69 Å². The van der Waals surface area contributed by atoms with E-state index in [4.69, 9.17) is 9.47 Å². The summed E-state index contributed by atoms with van der Waals surface area (Å²) in [5.41, 5.74) is 3.31. The molecule has 2 aromatic carbocycles. The Hall–Kier alpha value is -2.49. The smallest absolute Gasteiger partial charge is 0.264 e. The Morgan fingerprint density at radius 2 is 2.00 bits per heavy atom. The summed E-state index contributed by atoms with van der Waals surface area (Å²) < 4.78 is 11.0. The fourth-order valence-electron chi connectivity index (χ4n) is 2.90. The fourth-order valence-corrected chi connectivity index (χ4v) is 2.90. The Balaban J connectivity index is 1.71. The van der Waals surface area contributed by atoms with Gasteiger partial charge < -0.3 is 14.4 Å². The van der Waals surface area contributed by atoms with E-state index in [1.165, 1.54) is 5.56 Å². The molecule has 120 valence electrons. The van der Waals surface area contributed by atoms with E-state index in [-0.39, 0.29) is 12.5 Å². The first-order chi connectivity index (χ1) is 11.2. The molecule has 0 bridgehead atoms. The molecule has 0 aliphatic carbocycles. The second kappa shape index (κ2) is 6.73. The molecular weight excluding hydrogens is 290 g/mol. The summed E-state index contributed by atoms with van der Waals surface area (Å²) in [5, 5.41) is 0. The molecule has 0 saturated heterocycles. The number of hydrogen-bond acceptors (Lipinski definition) is 3. The topological polar surface area (TPSA) is 38.8 Å². The fraction of sp³-hybridized carbons (Fsp3) is 0.316. The van der Waals surface area contributed by atoms with Crippen LogP contribution in [-0.2, 0) is 11.2 Å². The molecule has 3 rings (SSSR count). The van der Waals surface area contributed by atoms with Crippen LogP contribution in [0.3, 0.4) is 0 Å². The summed E-state index contributed by atoms with van der Waals surface area (Å²) in [5.74, 6) is 1.22. The first-order valence-corrected chi connectivity index (χ1v) is 7.85. The van der Waals surface area contributed by atoms with Crippen LogP contribution >= 0.6 is 0 Å². The molecule has 0 saturated carbocycles. The van der Waals surface area contributed by atoms with Crippen molar-refractivity contribution >= 4 is 11.6 Å². The average molecular weight is 311 g/mol. The van der Waals surface area contributed by atoms with Crippen LogP contribution < -0.4 is 14.4 Å². The largest absolute Gasteiger partial charge is 0.493 e. The Labute approximate surface area is 136 Å². The third-order valence-corrected chi connectivity index (χ3v) is 4.08. The van der Waals surface area contributed by atoms with Crippen LogP contribution in [0, 0.1) is 6.92 Å². The number of carbonyl (C=O) groups is 1. The molecule has 1 aliphatic heterocycles. The van der Waals surface area contributed by atoms with Gasteiger partial charge >= 0.3 is 0 Å². The highest BCUT2D eigenvalue weighted by molar-refractivity contribution is 5.95. The summed E-state index contributed by atoms with van der Waals surface area (Å²) in [6.45, 7) is 2.74. The molecule has 0 fully saturated rings. The van der Waals surface area contributed by atoms with Crippen molar-refractivity contribution < 1.29 is 14.3 Å². The lowest BCUT2D eigenvalue weighted by molar-refractivity contribution is -0.120. The van der Waals surface area contributed by atoms with Gasteiger partial charge in [0.15, 0.2) is 18.1 Å². The minimum atomic E-state index is -0.0280. The van der Waals surface area contributed by atoms with Gasteiger partial charge in [-0.15, -0.1) is 0 Å². The van der Waals surface area contributed by atoms with E-state index in [9.17, 15) is 4.79 Å². The first-order valence-electron chi connectivity index (χ1n) is 7.85. The molecule has 4 heteroatoms. The van der Waals surface area contributed by atoms with Crippen molar-refractivity contribution in [2.45, 2.75) is 19.8 Å². The zero-order valence-electron chi connectivity index (χ0n) is 13.5. The number of para-hydroxylation sites is 1. The van der Waals surface area contributed by atoms with Gasteiger partial charge in [-0.1, -0.05) is 24.3 Å². The zero-order valence-corrected chi connectivity index (χ0v) is 13.5. The molecular formula is C19H21NO3.